The van der Waals surface area contributed by atoms with Gasteiger partial charge in [0, 0.05) is 36.8 Å². The van der Waals surface area contributed by atoms with E-state index in [1.54, 1.807) is 6.08 Å². The van der Waals surface area contributed by atoms with Crippen molar-refractivity contribution in [3.8, 4) is 0 Å². The number of benzene rings is 1. The Kier molecular flexibility index (Phi) is 5.01. The van der Waals surface area contributed by atoms with E-state index in [1.165, 1.54) is 0 Å². The number of nitrogens with zero attached hydrogens (tertiary/aromatic N) is 1. The minimum Gasteiger partial charge on any atom is -0.481 e. The van der Waals surface area contributed by atoms with Gasteiger partial charge in [-0.3, -0.25) is 9.59 Å². The van der Waals surface area contributed by atoms with Crippen LogP contribution in [0.25, 0.3) is 0 Å². The minimum absolute atomic E-state index is 0.0107. The van der Waals surface area contributed by atoms with Crippen LogP contribution in [0.2, 0.25) is 0 Å². The summed E-state index contributed by atoms with van der Waals surface area (Å²) in [5, 5.41) is 8.76. The van der Waals surface area contributed by atoms with Gasteiger partial charge in [0.2, 0.25) is 0 Å². The summed E-state index contributed by atoms with van der Waals surface area (Å²) in [7, 11) is 0. The summed E-state index contributed by atoms with van der Waals surface area (Å²) >= 11 is 0. The molecule has 1 N–H and O–H groups in total. The zero-order chi connectivity index (χ0) is 16.2. The average molecular weight is 301 g/mol. The topological polar surface area (TPSA) is 57.6 Å². The van der Waals surface area contributed by atoms with E-state index in [0.717, 1.165) is 18.7 Å². The zero-order valence-corrected chi connectivity index (χ0v) is 13.2. The molecular formula is C18H23NO3. The van der Waals surface area contributed by atoms with Gasteiger partial charge in [0.1, 0.15) is 0 Å². The first-order valence-corrected chi connectivity index (χ1v) is 7.64. The summed E-state index contributed by atoms with van der Waals surface area (Å²) < 4.78 is 0. The number of hydrogen-bond donors (Lipinski definition) is 1. The van der Waals surface area contributed by atoms with Gasteiger partial charge in [0.25, 0.3) is 0 Å². The lowest BCUT2D eigenvalue weighted by Gasteiger charge is -2.21. The third kappa shape index (κ3) is 4.45. The Balaban J connectivity index is 2.09. The van der Waals surface area contributed by atoms with Crippen molar-refractivity contribution in [2.75, 3.05) is 13.1 Å². The fourth-order valence-corrected chi connectivity index (χ4v) is 2.90. The molecule has 1 aliphatic heterocycles. The first kappa shape index (κ1) is 16.3. The van der Waals surface area contributed by atoms with E-state index in [-0.39, 0.29) is 17.6 Å². The lowest BCUT2D eigenvalue weighted by atomic mass is 9.92. The van der Waals surface area contributed by atoms with Crippen LogP contribution in [-0.2, 0) is 4.79 Å². The number of hydrogen-bond acceptors (Lipinski definition) is 3. The van der Waals surface area contributed by atoms with Gasteiger partial charge in [-0.2, -0.15) is 0 Å². The van der Waals surface area contributed by atoms with Gasteiger partial charge in [0.05, 0.1) is 0 Å². The predicted octanol–water partition coefficient (Wildman–Crippen LogP) is 3.35. The maximum Gasteiger partial charge on any atom is 0.303 e. The molecule has 4 heteroatoms. The summed E-state index contributed by atoms with van der Waals surface area (Å²) in [6.45, 7) is 5.89. The van der Waals surface area contributed by atoms with Gasteiger partial charge in [-0.15, -0.1) is 0 Å². The van der Waals surface area contributed by atoms with Gasteiger partial charge in [0.15, 0.2) is 5.78 Å². The summed E-state index contributed by atoms with van der Waals surface area (Å²) in [5.41, 5.74) is 1.82. The van der Waals surface area contributed by atoms with Gasteiger partial charge in [-0.05, 0) is 18.3 Å². The number of allylic oxidation sites excluding steroid dienone is 2. The van der Waals surface area contributed by atoms with Gasteiger partial charge >= 0.3 is 5.97 Å². The first-order valence-electron chi connectivity index (χ1n) is 7.64. The molecule has 2 rings (SSSR count). The van der Waals surface area contributed by atoms with Crippen LogP contribution in [0.1, 0.15) is 43.5 Å². The molecule has 1 aromatic rings. The zero-order valence-electron chi connectivity index (χ0n) is 13.2. The molecule has 1 fully saturated rings. The molecule has 0 bridgehead atoms. The third-order valence-corrected chi connectivity index (χ3v) is 3.86. The van der Waals surface area contributed by atoms with Gasteiger partial charge < -0.3 is 10.0 Å². The van der Waals surface area contributed by atoms with Crippen molar-refractivity contribution >= 4 is 11.8 Å². The number of ketones is 1. The van der Waals surface area contributed by atoms with Crippen LogP contribution < -0.4 is 0 Å². The molecule has 1 aromatic carbocycles. The van der Waals surface area contributed by atoms with Crippen molar-refractivity contribution < 1.29 is 14.7 Å². The molecule has 1 heterocycles. The Labute approximate surface area is 131 Å². The lowest BCUT2D eigenvalue weighted by molar-refractivity contribution is -0.137. The summed E-state index contributed by atoms with van der Waals surface area (Å²) in [4.78, 5) is 25.2. The fourth-order valence-electron chi connectivity index (χ4n) is 2.90. The van der Waals surface area contributed by atoms with Crippen LogP contribution >= 0.6 is 0 Å². The Morgan fingerprint density at radius 3 is 2.59 bits per heavy atom. The van der Waals surface area contributed by atoms with Crippen molar-refractivity contribution in [1.82, 2.24) is 4.90 Å². The van der Waals surface area contributed by atoms with Crippen LogP contribution in [-0.4, -0.2) is 34.8 Å². The predicted molar refractivity (Wildman–Crippen MR) is 85.7 cm³/mol. The summed E-state index contributed by atoms with van der Waals surface area (Å²) in [5.74, 6) is -0.763. The van der Waals surface area contributed by atoms with E-state index >= 15 is 0 Å². The molecule has 1 aliphatic rings. The quantitative estimate of drug-likeness (QED) is 0.646. The monoisotopic (exact) mass is 301 g/mol. The largest absolute Gasteiger partial charge is 0.481 e. The van der Waals surface area contributed by atoms with E-state index in [9.17, 15) is 9.59 Å². The highest BCUT2D eigenvalue weighted by Crippen LogP contribution is 2.36. The highest BCUT2D eigenvalue weighted by atomic mass is 16.4. The molecule has 0 spiro atoms. The smallest absolute Gasteiger partial charge is 0.303 e. The highest BCUT2D eigenvalue weighted by Gasteiger charge is 2.32. The van der Waals surface area contributed by atoms with Crippen molar-refractivity contribution in [2.45, 2.75) is 33.1 Å². The molecule has 0 aromatic heterocycles. The van der Waals surface area contributed by atoms with E-state index in [1.807, 2.05) is 30.3 Å². The van der Waals surface area contributed by atoms with Crippen molar-refractivity contribution in [3.05, 3.63) is 47.7 Å². The van der Waals surface area contributed by atoms with E-state index < -0.39 is 5.97 Å². The Hall–Kier alpha value is -2.10. The van der Waals surface area contributed by atoms with Crippen molar-refractivity contribution in [3.63, 3.8) is 0 Å². The highest BCUT2D eigenvalue weighted by molar-refractivity contribution is 6.04. The molecule has 1 saturated heterocycles. The number of carbonyl (C=O) groups excluding carboxylic acids is 1. The molecule has 0 atom stereocenters. The van der Waals surface area contributed by atoms with E-state index in [0.29, 0.717) is 18.5 Å². The van der Waals surface area contributed by atoms with Gasteiger partial charge in [-0.25, -0.2) is 0 Å². The molecule has 0 aliphatic carbocycles. The fraction of sp³-hybridized carbons (Fsp3) is 0.444. The minimum atomic E-state index is -0.774. The maximum absolute atomic E-state index is 12.3. The van der Waals surface area contributed by atoms with Crippen LogP contribution in [0.15, 0.2) is 42.1 Å². The molecule has 118 valence electrons. The number of likely N-dealkylation sites (tertiary alicyclic amines) is 1. The van der Waals surface area contributed by atoms with Crippen molar-refractivity contribution in [1.29, 1.82) is 0 Å². The Bertz CT molecular complexity index is 575. The van der Waals surface area contributed by atoms with Crippen LogP contribution in [0.4, 0.5) is 0 Å². The normalized spacial score (nSPS) is 18.6. The second-order valence-electron chi connectivity index (χ2n) is 6.63. The van der Waals surface area contributed by atoms with E-state index in [4.69, 9.17) is 5.11 Å². The van der Waals surface area contributed by atoms with Crippen molar-refractivity contribution in [2.24, 2.45) is 5.41 Å². The van der Waals surface area contributed by atoms with Gasteiger partial charge in [-0.1, -0.05) is 44.2 Å². The lowest BCUT2D eigenvalue weighted by Crippen LogP contribution is -2.24. The SMILES string of the molecule is CC1(C)C/C(=C\C(=O)c2ccccc2)N(CCCC(=O)O)C1. The van der Waals surface area contributed by atoms with Crippen LogP contribution in [0, 0.1) is 5.41 Å². The number of aliphatic carboxylic acids is 1. The third-order valence-electron chi connectivity index (χ3n) is 3.86. The number of carboxylic acids is 1. The standard InChI is InChI=1S/C18H23NO3/c1-18(2)12-15(19(13-18)10-6-9-17(21)22)11-16(20)14-7-4-3-5-8-14/h3-5,7-8,11H,6,9-10,12-13H2,1-2H3,(H,21,22)/b15-11+. The summed E-state index contributed by atoms with van der Waals surface area (Å²) in [6.07, 6.45) is 3.32. The molecule has 4 nitrogen and oxygen atoms in total. The molecular weight excluding hydrogens is 278 g/mol. The first-order chi connectivity index (χ1) is 10.4. The Morgan fingerprint density at radius 2 is 1.95 bits per heavy atom. The van der Waals surface area contributed by atoms with Crippen LogP contribution in [0.5, 0.6) is 0 Å². The number of rotatable bonds is 6. The second kappa shape index (κ2) is 6.77. The molecule has 0 radical (unpaired) electrons. The number of carboxylic acid groups (broad SMARTS) is 1. The second-order valence-corrected chi connectivity index (χ2v) is 6.63. The molecule has 22 heavy (non-hydrogen) atoms. The molecule has 0 unspecified atom stereocenters. The van der Waals surface area contributed by atoms with E-state index in [2.05, 4.69) is 18.7 Å². The maximum atomic E-state index is 12.3. The average Bonchev–Trinajstić information content (AvgIpc) is 2.73. The number of carbonyl (C=O) groups is 2. The summed E-state index contributed by atoms with van der Waals surface area (Å²) in [6, 6.07) is 9.23. The molecule has 0 amide bonds. The van der Waals surface area contributed by atoms with Crippen LogP contribution in [0.3, 0.4) is 0 Å². The molecule has 0 saturated carbocycles. The Morgan fingerprint density at radius 1 is 1.27 bits per heavy atom.